The van der Waals surface area contributed by atoms with E-state index >= 15 is 0 Å². The summed E-state index contributed by atoms with van der Waals surface area (Å²) in [5, 5.41) is 4.09. The summed E-state index contributed by atoms with van der Waals surface area (Å²) in [5.74, 6) is 0. The lowest BCUT2D eigenvalue weighted by Gasteiger charge is -1.98. The Hall–Kier alpha value is -1.64. The molecule has 0 spiro atoms. The van der Waals surface area contributed by atoms with Gasteiger partial charge in [-0.15, -0.1) is 0 Å². The number of hydrogen-bond acceptors (Lipinski definition) is 2. The van der Waals surface area contributed by atoms with Crippen LogP contribution < -0.4 is 0 Å². The lowest BCUT2D eigenvalue weighted by atomic mass is 10.3. The van der Waals surface area contributed by atoms with Crippen LogP contribution in [0.1, 0.15) is 5.69 Å². The highest BCUT2D eigenvalue weighted by Gasteiger charge is 1.93. The Balaban J connectivity index is 2.15. The van der Waals surface area contributed by atoms with E-state index < -0.39 is 0 Å². The van der Waals surface area contributed by atoms with Crippen LogP contribution in [0.5, 0.6) is 0 Å². The second-order valence-electron chi connectivity index (χ2n) is 2.52. The third kappa shape index (κ3) is 1.50. The Morgan fingerprint density at radius 3 is 2.83 bits per heavy atom. The maximum atomic E-state index is 4.19. The van der Waals surface area contributed by atoms with Crippen LogP contribution in [0.4, 0.5) is 0 Å². The van der Waals surface area contributed by atoms with Gasteiger partial charge in [0.25, 0.3) is 0 Å². The van der Waals surface area contributed by atoms with Crippen molar-refractivity contribution >= 4 is 0 Å². The smallest absolute Gasteiger partial charge is 0.0831 e. The summed E-state index contributed by atoms with van der Waals surface area (Å²) in [7, 11) is 0. The van der Waals surface area contributed by atoms with Gasteiger partial charge in [0.15, 0.2) is 0 Å². The molecule has 2 heterocycles. The molecule has 2 aromatic heterocycles. The summed E-state index contributed by atoms with van der Waals surface area (Å²) >= 11 is 0. The molecule has 0 saturated heterocycles. The maximum absolute atomic E-state index is 4.19. The van der Waals surface area contributed by atoms with Gasteiger partial charge in [0.2, 0.25) is 0 Å². The zero-order valence-electron chi connectivity index (χ0n) is 6.59. The molecule has 3 heteroatoms. The first-order valence-electron chi connectivity index (χ1n) is 3.82. The number of rotatable bonds is 2. The quantitative estimate of drug-likeness (QED) is 0.661. The molecule has 0 saturated carbocycles. The molecule has 2 rings (SSSR count). The summed E-state index contributed by atoms with van der Waals surface area (Å²) in [6.07, 6.45) is 5.48. The van der Waals surface area contributed by atoms with Crippen molar-refractivity contribution in [1.29, 1.82) is 0 Å². The second-order valence-corrected chi connectivity index (χ2v) is 2.52. The largest absolute Gasteiger partial charge is 0.267 e. The number of nitrogens with zero attached hydrogens (tertiary/aromatic N) is 3. The van der Waals surface area contributed by atoms with Gasteiger partial charge in [-0.3, -0.25) is 9.67 Å². The van der Waals surface area contributed by atoms with Crippen LogP contribution in [-0.2, 0) is 6.54 Å². The molecule has 0 fully saturated rings. The van der Waals surface area contributed by atoms with Crippen molar-refractivity contribution in [2.24, 2.45) is 0 Å². The van der Waals surface area contributed by atoms with E-state index in [1.54, 1.807) is 12.4 Å². The van der Waals surface area contributed by atoms with Crippen molar-refractivity contribution in [3.05, 3.63) is 48.5 Å². The van der Waals surface area contributed by atoms with Crippen LogP contribution in [0.25, 0.3) is 0 Å². The van der Waals surface area contributed by atoms with Crippen LogP contribution in [0, 0.1) is 0 Å². The van der Waals surface area contributed by atoms with Gasteiger partial charge >= 0.3 is 0 Å². The minimum Gasteiger partial charge on any atom is -0.267 e. The summed E-state index contributed by atoms with van der Waals surface area (Å²) < 4.78 is 1.85. The molecule has 0 amide bonds. The molecule has 12 heavy (non-hydrogen) atoms. The molecule has 0 N–H and O–H groups in total. The van der Waals surface area contributed by atoms with Gasteiger partial charge in [0.1, 0.15) is 0 Å². The van der Waals surface area contributed by atoms with Crippen molar-refractivity contribution in [2.75, 3.05) is 0 Å². The molecule has 3 nitrogen and oxygen atoms in total. The highest BCUT2D eigenvalue weighted by molar-refractivity contribution is 5.03. The van der Waals surface area contributed by atoms with Crippen molar-refractivity contribution in [2.45, 2.75) is 6.54 Å². The normalized spacial score (nSPS) is 10.0. The monoisotopic (exact) mass is 159 g/mol. The lowest BCUT2D eigenvalue weighted by molar-refractivity contribution is 0.673. The number of hydrogen-bond donors (Lipinski definition) is 0. The average Bonchev–Trinajstić information content (AvgIpc) is 2.59. The van der Waals surface area contributed by atoms with Crippen LogP contribution in [0.2, 0.25) is 0 Å². The molecule has 0 bridgehead atoms. The molecule has 60 valence electrons. The van der Waals surface area contributed by atoms with Crippen molar-refractivity contribution in [3.63, 3.8) is 0 Å². The standard InChI is InChI=1S/C9H9N3/c1-2-5-10-9(4-1)8-12-7-3-6-11-12/h1-7H,8H2. The predicted molar refractivity (Wildman–Crippen MR) is 45.6 cm³/mol. The molecular formula is C9H9N3. The molecule has 0 radical (unpaired) electrons. The topological polar surface area (TPSA) is 30.7 Å². The molecule has 0 aliphatic carbocycles. The lowest BCUT2D eigenvalue weighted by Crippen LogP contribution is -2.00. The van der Waals surface area contributed by atoms with E-state index in [-0.39, 0.29) is 0 Å². The molecule has 2 aromatic rings. The van der Waals surface area contributed by atoms with Crippen molar-refractivity contribution in [1.82, 2.24) is 14.8 Å². The predicted octanol–water partition coefficient (Wildman–Crippen LogP) is 1.33. The molecule has 0 aliphatic rings. The summed E-state index contributed by atoms with van der Waals surface area (Å²) in [6, 6.07) is 7.78. The minimum absolute atomic E-state index is 0.744. The van der Waals surface area contributed by atoms with Crippen LogP contribution in [-0.4, -0.2) is 14.8 Å². The van der Waals surface area contributed by atoms with Crippen LogP contribution in [0.15, 0.2) is 42.9 Å². The van der Waals surface area contributed by atoms with Gasteiger partial charge in [-0.2, -0.15) is 5.10 Å². The zero-order valence-corrected chi connectivity index (χ0v) is 6.59. The fourth-order valence-electron chi connectivity index (χ4n) is 1.05. The Morgan fingerprint density at radius 1 is 1.17 bits per heavy atom. The molecule has 0 unspecified atom stereocenters. The van der Waals surface area contributed by atoms with Gasteiger partial charge < -0.3 is 0 Å². The Morgan fingerprint density at radius 2 is 2.17 bits per heavy atom. The summed E-state index contributed by atoms with van der Waals surface area (Å²) in [6.45, 7) is 0.744. The first-order valence-corrected chi connectivity index (χ1v) is 3.82. The first-order chi connectivity index (χ1) is 5.95. The highest BCUT2D eigenvalue weighted by Crippen LogP contribution is 1.96. The van der Waals surface area contributed by atoms with Crippen LogP contribution >= 0.6 is 0 Å². The Bertz CT molecular complexity index is 326. The third-order valence-corrected chi connectivity index (χ3v) is 1.61. The van der Waals surface area contributed by atoms with Gasteiger partial charge in [0.05, 0.1) is 12.2 Å². The van der Waals surface area contributed by atoms with E-state index in [0.29, 0.717) is 0 Å². The van der Waals surface area contributed by atoms with E-state index in [1.165, 1.54) is 0 Å². The van der Waals surface area contributed by atoms with E-state index in [4.69, 9.17) is 0 Å². The fraction of sp³-hybridized carbons (Fsp3) is 0.111. The molecular weight excluding hydrogens is 150 g/mol. The Labute approximate surface area is 70.7 Å². The van der Waals surface area contributed by atoms with Gasteiger partial charge in [-0.05, 0) is 18.2 Å². The van der Waals surface area contributed by atoms with E-state index in [2.05, 4.69) is 10.1 Å². The molecule has 0 atom stereocenters. The SMILES string of the molecule is c1ccc(Cn2cccn2)nc1. The van der Waals surface area contributed by atoms with Gasteiger partial charge in [0, 0.05) is 18.6 Å². The highest BCUT2D eigenvalue weighted by atomic mass is 15.3. The zero-order chi connectivity index (χ0) is 8.23. The first kappa shape index (κ1) is 7.03. The van der Waals surface area contributed by atoms with Crippen molar-refractivity contribution in [3.8, 4) is 0 Å². The van der Waals surface area contributed by atoms with E-state index in [0.717, 1.165) is 12.2 Å². The molecule has 0 aromatic carbocycles. The number of pyridine rings is 1. The van der Waals surface area contributed by atoms with Gasteiger partial charge in [-0.1, -0.05) is 6.07 Å². The summed E-state index contributed by atoms with van der Waals surface area (Å²) in [5.41, 5.74) is 1.03. The molecule has 0 aliphatic heterocycles. The second kappa shape index (κ2) is 3.17. The maximum Gasteiger partial charge on any atom is 0.0831 e. The van der Waals surface area contributed by atoms with E-state index in [1.807, 2.05) is 35.1 Å². The summed E-state index contributed by atoms with van der Waals surface area (Å²) in [4.78, 5) is 4.19. The third-order valence-electron chi connectivity index (χ3n) is 1.61. The van der Waals surface area contributed by atoms with Crippen LogP contribution in [0.3, 0.4) is 0 Å². The van der Waals surface area contributed by atoms with E-state index in [9.17, 15) is 0 Å². The minimum atomic E-state index is 0.744. The fourth-order valence-corrected chi connectivity index (χ4v) is 1.05. The number of aromatic nitrogens is 3. The average molecular weight is 159 g/mol. The van der Waals surface area contributed by atoms with Gasteiger partial charge in [-0.25, -0.2) is 0 Å². The van der Waals surface area contributed by atoms with Crippen molar-refractivity contribution < 1.29 is 0 Å². The Kier molecular flexibility index (Phi) is 1.86.